The quantitative estimate of drug-likeness (QED) is 0.779. The molecule has 1 aliphatic rings. The molecule has 1 unspecified atom stereocenters. The highest BCUT2D eigenvalue weighted by Gasteiger charge is 2.48. The lowest BCUT2D eigenvalue weighted by molar-refractivity contribution is -0.145. The average Bonchev–Trinajstić information content (AvgIpc) is 2.60. The number of aryl methyl sites for hydroxylation is 1. The molecule has 76 valence electrons. The third kappa shape index (κ3) is 0.953. The van der Waals surface area contributed by atoms with Gasteiger partial charge >= 0.3 is 5.97 Å². The Morgan fingerprint density at radius 3 is 2.93 bits per heavy atom. The zero-order valence-electron chi connectivity index (χ0n) is 8.53. The molecule has 1 aromatic heterocycles. The molecule has 0 radical (unpaired) electrons. The van der Waals surface area contributed by atoms with Crippen molar-refractivity contribution in [3.05, 3.63) is 24.0 Å². The third-order valence-electron chi connectivity index (χ3n) is 3.40. The van der Waals surface area contributed by atoms with E-state index in [1.807, 2.05) is 36.7 Å². The topological polar surface area (TPSA) is 42.2 Å². The molecule has 0 fully saturated rings. The van der Waals surface area contributed by atoms with Crippen LogP contribution in [-0.4, -0.2) is 15.6 Å². The van der Waals surface area contributed by atoms with Crippen molar-refractivity contribution in [1.29, 1.82) is 0 Å². The fourth-order valence-electron chi connectivity index (χ4n) is 2.49. The van der Waals surface area contributed by atoms with Crippen LogP contribution in [0.15, 0.2) is 18.3 Å². The molecule has 14 heavy (non-hydrogen) atoms. The Balaban J connectivity index is 2.55. The van der Waals surface area contributed by atoms with Crippen molar-refractivity contribution < 1.29 is 9.90 Å². The lowest BCUT2D eigenvalue weighted by Crippen LogP contribution is -2.38. The van der Waals surface area contributed by atoms with Gasteiger partial charge in [0.15, 0.2) is 0 Å². The van der Waals surface area contributed by atoms with Crippen LogP contribution in [0.4, 0.5) is 0 Å². The summed E-state index contributed by atoms with van der Waals surface area (Å²) in [6.45, 7) is 4.79. The summed E-state index contributed by atoms with van der Waals surface area (Å²) in [6.07, 6.45) is 2.68. The minimum absolute atomic E-state index is 0.135. The molecule has 3 heteroatoms. The van der Waals surface area contributed by atoms with E-state index in [4.69, 9.17) is 0 Å². The Kier molecular flexibility index (Phi) is 1.91. The molecule has 0 bridgehead atoms. The summed E-state index contributed by atoms with van der Waals surface area (Å²) in [6, 6.07) is 3.86. The normalized spacial score (nSPS) is 25.4. The number of carboxylic acids is 1. The van der Waals surface area contributed by atoms with E-state index in [0.29, 0.717) is 0 Å². The van der Waals surface area contributed by atoms with Gasteiger partial charge in [-0.2, -0.15) is 0 Å². The van der Waals surface area contributed by atoms with E-state index in [0.717, 1.165) is 18.7 Å². The highest BCUT2D eigenvalue weighted by atomic mass is 16.4. The van der Waals surface area contributed by atoms with Crippen LogP contribution >= 0.6 is 0 Å². The first kappa shape index (κ1) is 9.31. The van der Waals surface area contributed by atoms with Crippen molar-refractivity contribution in [2.75, 3.05) is 0 Å². The molecule has 1 atom stereocenters. The molecule has 0 amide bonds. The summed E-state index contributed by atoms with van der Waals surface area (Å²) < 4.78 is 2.05. The number of nitrogens with zero attached hydrogens (tertiary/aromatic N) is 1. The summed E-state index contributed by atoms with van der Waals surface area (Å²) >= 11 is 0. The fraction of sp³-hybridized carbons (Fsp3) is 0.545. The Hall–Kier alpha value is -1.25. The predicted octanol–water partition coefficient (Wildman–Crippen LogP) is 1.87. The SMILES string of the molecule is CC(C)C1(C(=O)O)CCn2cccc21. The van der Waals surface area contributed by atoms with E-state index in [1.165, 1.54) is 0 Å². The molecule has 0 aliphatic carbocycles. The van der Waals surface area contributed by atoms with Crippen LogP contribution in [0.5, 0.6) is 0 Å². The van der Waals surface area contributed by atoms with Crippen molar-refractivity contribution in [3.8, 4) is 0 Å². The van der Waals surface area contributed by atoms with Crippen molar-refractivity contribution in [1.82, 2.24) is 4.57 Å². The molecule has 2 heterocycles. The van der Waals surface area contributed by atoms with Crippen molar-refractivity contribution >= 4 is 5.97 Å². The van der Waals surface area contributed by atoms with Gasteiger partial charge in [-0.3, -0.25) is 4.79 Å². The van der Waals surface area contributed by atoms with Gasteiger partial charge in [0.05, 0.1) is 0 Å². The first-order chi connectivity index (χ1) is 6.59. The second kappa shape index (κ2) is 2.87. The maximum Gasteiger partial charge on any atom is 0.315 e. The number of rotatable bonds is 2. The number of aromatic nitrogens is 1. The zero-order chi connectivity index (χ0) is 10.3. The van der Waals surface area contributed by atoms with E-state index >= 15 is 0 Å². The molecule has 0 saturated carbocycles. The number of carbonyl (C=O) groups is 1. The van der Waals surface area contributed by atoms with Crippen LogP contribution in [0.2, 0.25) is 0 Å². The number of fused-ring (bicyclic) bond motifs is 1. The maximum atomic E-state index is 11.4. The summed E-state index contributed by atoms with van der Waals surface area (Å²) in [5.41, 5.74) is 0.295. The summed E-state index contributed by atoms with van der Waals surface area (Å²) in [5.74, 6) is -0.555. The largest absolute Gasteiger partial charge is 0.481 e. The molecule has 1 aliphatic heterocycles. The summed E-state index contributed by atoms with van der Waals surface area (Å²) in [5, 5.41) is 9.39. The van der Waals surface area contributed by atoms with Gasteiger partial charge in [-0.1, -0.05) is 13.8 Å². The van der Waals surface area contributed by atoms with E-state index in [1.54, 1.807) is 0 Å². The second-order valence-corrected chi connectivity index (χ2v) is 4.27. The van der Waals surface area contributed by atoms with E-state index in [2.05, 4.69) is 0 Å². The maximum absolute atomic E-state index is 11.4. The van der Waals surface area contributed by atoms with Crippen LogP contribution in [0, 0.1) is 5.92 Å². The second-order valence-electron chi connectivity index (χ2n) is 4.27. The third-order valence-corrected chi connectivity index (χ3v) is 3.40. The lowest BCUT2D eigenvalue weighted by atomic mass is 9.74. The van der Waals surface area contributed by atoms with Gasteiger partial charge in [0.1, 0.15) is 5.41 Å². The molecular weight excluding hydrogens is 178 g/mol. The first-order valence-corrected chi connectivity index (χ1v) is 4.98. The number of carboxylic acid groups (broad SMARTS) is 1. The molecule has 0 saturated heterocycles. The van der Waals surface area contributed by atoms with Gasteiger partial charge < -0.3 is 9.67 Å². The van der Waals surface area contributed by atoms with Crippen LogP contribution in [0.3, 0.4) is 0 Å². The molecule has 2 rings (SSSR count). The van der Waals surface area contributed by atoms with Crippen LogP contribution in [0.25, 0.3) is 0 Å². The predicted molar refractivity (Wildman–Crippen MR) is 53.2 cm³/mol. The molecule has 0 spiro atoms. The van der Waals surface area contributed by atoms with E-state index in [-0.39, 0.29) is 5.92 Å². The monoisotopic (exact) mass is 193 g/mol. The summed E-state index contributed by atoms with van der Waals surface area (Å²) in [7, 11) is 0. The Bertz CT molecular complexity index is 367. The van der Waals surface area contributed by atoms with Gasteiger partial charge in [-0.05, 0) is 24.5 Å². The number of hydrogen-bond donors (Lipinski definition) is 1. The van der Waals surface area contributed by atoms with Crippen LogP contribution in [-0.2, 0) is 16.8 Å². The molecule has 1 N–H and O–H groups in total. The zero-order valence-corrected chi connectivity index (χ0v) is 8.53. The van der Waals surface area contributed by atoms with Crippen LogP contribution in [0.1, 0.15) is 26.0 Å². The number of hydrogen-bond acceptors (Lipinski definition) is 1. The van der Waals surface area contributed by atoms with Crippen LogP contribution < -0.4 is 0 Å². The Labute approximate surface area is 83.4 Å². The minimum atomic E-state index is -0.690. The van der Waals surface area contributed by atoms with Crippen molar-refractivity contribution in [2.24, 2.45) is 5.92 Å². The molecular formula is C11H15NO2. The van der Waals surface area contributed by atoms with Gasteiger partial charge in [-0.25, -0.2) is 0 Å². The molecule has 0 aromatic carbocycles. The Morgan fingerprint density at radius 2 is 2.36 bits per heavy atom. The van der Waals surface area contributed by atoms with Gasteiger partial charge in [0, 0.05) is 18.4 Å². The van der Waals surface area contributed by atoms with Gasteiger partial charge in [0.25, 0.3) is 0 Å². The smallest absolute Gasteiger partial charge is 0.315 e. The van der Waals surface area contributed by atoms with E-state index in [9.17, 15) is 9.90 Å². The molecule has 1 aromatic rings. The highest BCUT2D eigenvalue weighted by molar-refractivity contribution is 5.81. The van der Waals surface area contributed by atoms with E-state index < -0.39 is 11.4 Å². The van der Waals surface area contributed by atoms with Gasteiger partial charge in [0.2, 0.25) is 0 Å². The number of aliphatic carboxylic acids is 1. The minimum Gasteiger partial charge on any atom is -0.481 e. The van der Waals surface area contributed by atoms with Crippen molar-refractivity contribution in [3.63, 3.8) is 0 Å². The fourth-order valence-corrected chi connectivity index (χ4v) is 2.49. The summed E-state index contributed by atoms with van der Waals surface area (Å²) in [4.78, 5) is 11.4. The average molecular weight is 193 g/mol. The Morgan fingerprint density at radius 1 is 1.64 bits per heavy atom. The highest BCUT2D eigenvalue weighted by Crippen LogP contribution is 2.41. The standard InChI is InChI=1S/C11H15NO2/c1-8(2)11(10(13)14)5-7-12-6-3-4-9(11)12/h3-4,6,8H,5,7H2,1-2H3,(H,13,14). The lowest BCUT2D eigenvalue weighted by Gasteiger charge is -2.28. The van der Waals surface area contributed by atoms with Gasteiger partial charge in [-0.15, -0.1) is 0 Å². The van der Waals surface area contributed by atoms with Crippen molar-refractivity contribution in [2.45, 2.75) is 32.2 Å². The first-order valence-electron chi connectivity index (χ1n) is 4.98. The molecule has 3 nitrogen and oxygen atoms in total.